The van der Waals surface area contributed by atoms with E-state index in [1.165, 1.54) is 44.9 Å². The second kappa shape index (κ2) is 7.26. The zero-order chi connectivity index (χ0) is 14.4. The van der Waals surface area contributed by atoms with Gasteiger partial charge in [-0.15, -0.1) is 0 Å². The van der Waals surface area contributed by atoms with Crippen LogP contribution in [0.15, 0.2) is 12.4 Å². The Bertz CT molecular complexity index is 391. The quantitative estimate of drug-likeness (QED) is 0.825. The largest absolute Gasteiger partial charge is 0.396 e. The first-order chi connectivity index (χ1) is 9.69. The summed E-state index contributed by atoms with van der Waals surface area (Å²) in [5.41, 5.74) is 0.161. The standard InChI is InChI=1S/C17H30N2O/c1-3-4-5-15-6-9-17(14-20,10-7-15)11-8-16-18-12-13-19(16)2/h12-13,15,20H,3-11,14H2,1-2H3. The number of aliphatic hydroxyl groups excluding tert-OH is 1. The average molecular weight is 278 g/mol. The van der Waals surface area contributed by atoms with Crippen LogP contribution in [0.3, 0.4) is 0 Å². The summed E-state index contributed by atoms with van der Waals surface area (Å²) in [4.78, 5) is 4.40. The monoisotopic (exact) mass is 278 g/mol. The molecule has 1 aliphatic carbocycles. The molecule has 1 saturated carbocycles. The highest BCUT2D eigenvalue weighted by Gasteiger charge is 2.34. The van der Waals surface area contributed by atoms with E-state index in [0.717, 1.165) is 24.6 Å². The summed E-state index contributed by atoms with van der Waals surface area (Å²) in [5.74, 6) is 2.05. The molecule has 1 heterocycles. The minimum Gasteiger partial charge on any atom is -0.396 e. The molecule has 1 aromatic heterocycles. The third kappa shape index (κ3) is 3.85. The van der Waals surface area contributed by atoms with Gasteiger partial charge in [-0.05, 0) is 43.4 Å². The Labute approximate surface area is 123 Å². The first kappa shape index (κ1) is 15.6. The van der Waals surface area contributed by atoms with Gasteiger partial charge in [0, 0.05) is 32.5 Å². The summed E-state index contributed by atoms with van der Waals surface area (Å²) in [6.45, 7) is 2.62. The van der Waals surface area contributed by atoms with E-state index in [1.807, 2.05) is 12.4 Å². The Morgan fingerprint density at radius 2 is 2.15 bits per heavy atom. The van der Waals surface area contributed by atoms with Crippen LogP contribution in [0.5, 0.6) is 0 Å². The smallest absolute Gasteiger partial charge is 0.108 e. The van der Waals surface area contributed by atoms with Crippen molar-refractivity contribution in [2.45, 2.75) is 64.7 Å². The molecule has 0 radical (unpaired) electrons. The number of aliphatic hydroxyl groups is 1. The van der Waals surface area contributed by atoms with Crippen LogP contribution in [-0.2, 0) is 13.5 Å². The molecule has 0 unspecified atom stereocenters. The molecule has 0 bridgehead atoms. The predicted molar refractivity (Wildman–Crippen MR) is 82.5 cm³/mol. The SMILES string of the molecule is CCCCC1CCC(CO)(CCc2nccn2C)CC1. The summed E-state index contributed by atoms with van der Waals surface area (Å²) in [5, 5.41) is 9.87. The summed E-state index contributed by atoms with van der Waals surface area (Å²) in [6.07, 6.45) is 15.0. The third-order valence-electron chi connectivity index (χ3n) is 5.27. The van der Waals surface area contributed by atoms with Crippen LogP contribution in [0.4, 0.5) is 0 Å². The van der Waals surface area contributed by atoms with Crippen LogP contribution < -0.4 is 0 Å². The predicted octanol–water partition coefficient (Wildman–Crippen LogP) is 3.71. The Morgan fingerprint density at radius 3 is 2.70 bits per heavy atom. The van der Waals surface area contributed by atoms with Crippen molar-refractivity contribution in [2.24, 2.45) is 18.4 Å². The lowest BCUT2D eigenvalue weighted by molar-refractivity contribution is 0.0537. The second-order valence-corrected chi connectivity index (χ2v) is 6.70. The number of hydrogen-bond acceptors (Lipinski definition) is 2. The van der Waals surface area contributed by atoms with E-state index in [9.17, 15) is 5.11 Å². The Hall–Kier alpha value is -0.830. The van der Waals surface area contributed by atoms with Gasteiger partial charge >= 0.3 is 0 Å². The van der Waals surface area contributed by atoms with Crippen LogP contribution in [0.25, 0.3) is 0 Å². The molecule has 3 nitrogen and oxygen atoms in total. The van der Waals surface area contributed by atoms with Crippen LogP contribution in [0.2, 0.25) is 0 Å². The van der Waals surface area contributed by atoms with E-state index >= 15 is 0 Å². The van der Waals surface area contributed by atoms with Gasteiger partial charge in [-0.25, -0.2) is 4.98 Å². The summed E-state index contributed by atoms with van der Waals surface area (Å²) >= 11 is 0. The molecular formula is C17H30N2O. The summed E-state index contributed by atoms with van der Waals surface area (Å²) < 4.78 is 2.10. The van der Waals surface area contributed by atoms with Crippen molar-refractivity contribution in [3.63, 3.8) is 0 Å². The average Bonchev–Trinajstić information content (AvgIpc) is 2.89. The first-order valence-electron chi connectivity index (χ1n) is 8.26. The number of rotatable bonds is 7. The molecule has 0 spiro atoms. The van der Waals surface area contributed by atoms with Crippen molar-refractivity contribution in [3.8, 4) is 0 Å². The molecular weight excluding hydrogens is 248 g/mol. The van der Waals surface area contributed by atoms with Gasteiger partial charge in [0.15, 0.2) is 0 Å². The van der Waals surface area contributed by atoms with Crippen molar-refractivity contribution in [1.82, 2.24) is 9.55 Å². The Balaban J connectivity index is 1.84. The van der Waals surface area contributed by atoms with E-state index in [0.29, 0.717) is 6.61 Å². The normalized spacial score (nSPS) is 26.9. The molecule has 0 saturated heterocycles. The molecule has 0 aliphatic heterocycles. The van der Waals surface area contributed by atoms with E-state index in [1.54, 1.807) is 0 Å². The number of aryl methyl sites for hydroxylation is 2. The fraction of sp³-hybridized carbons (Fsp3) is 0.824. The molecule has 3 heteroatoms. The van der Waals surface area contributed by atoms with Crippen LogP contribution in [0, 0.1) is 11.3 Å². The Kier molecular flexibility index (Phi) is 5.64. The third-order valence-corrected chi connectivity index (χ3v) is 5.27. The molecule has 20 heavy (non-hydrogen) atoms. The highest BCUT2D eigenvalue weighted by Crippen LogP contribution is 2.43. The number of nitrogens with zero attached hydrogens (tertiary/aromatic N) is 2. The lowest BCUT2D eigenvalue weighted by atomic mass is 9.67. The molecule has 0 amide bonds. The zero-order valence-corrected chi connectivity index (χ0v) is 13.1. The number of unbranched alkanes of at least 4 members (excludes halogenated alkanes) is 1. The van der Waals surface area contributed by atoms with Gasteiger partial charge in [0.25, 0.3) is 0 Å². The maximum absolute atomic E-state index is 9.87. The Morgan fingerprint density at radius 1 is 1.40 bits per heavy atom. The topological polar surface area (TPSA) is 38.1 Å². The van der Waals surface area contributed by atoms with Gasteiger partial charge in [0.05, 0.1) is 0 Å². The molecule has 114 valence electrons. The van der Waals surface area contributed by atoms with Gasteiger partial charge in [-0.3, -0.25) is 0 Å². The highest BCUT2D eigenvalue weighted by molar-refractivity contribution is 4.94. The molecule has 1 N–H and O–H groups in total. The van der Waals surface area contributed by atoms with E-state index in [2.05, 4.69) is 23.5 Å². The van der Waals surface area contributed by atoms with E-state index in [4.69, 9.17) is 0 Å². The van der Waals surface area contributed by atoms with Gasteiger partial charge < -0.3 is 9.67 Å². The van der Waals surface area contributed by atoms with Crippen LogP contribution >= 0.6 is 0 Å². The number of hydrogen-bond donors (Lipinski definition) is 1. The molecule has 1 fully saturated rings. The van der Waals surface area contributed by atoms with Crippen molar-refractivity contribution in [1.29, 1.82) is 0 Å². The molecule has 1 aromatic rings. The lowest BCUT2D eigenvalue weighted by Gasteiger charge is -2.39. The maximum Gasteiger partial charge on any atom is 0.108 e. The van der Waals surface area contributed by atoms with Crippen molar-refractivity contribution < 1.29 is 5.11 Å². The molecule has 0 aromatic carbocycles. The van der Waals surface area contributed by atoms with Gasteiger partial charge in [-0.1, -0.05) is 26.2 Å². The van der Waals surface area contributed by atoms with Crippen molar-refractivity contribution in [3.05, 3.63) is 18.2 Å². The first-order valence-corrected chi connectivity index (χ1v) is 8.26. The molecule has 2 rings (SSSR count). The zero-order valence-electron chi connectivity index (χ0n) is 13.1. The number of aromatic nitrogens is 2. The van der Waals surface area contributed by atoms with Crippen molar-refractivity contribution in [2.75, 3.05) is 6.61 Å². The van der Waals surface area contributed by atoms with Crippen LogP contribution in [-0.4, -0.2) is 21.3 Å². The highest BCUT2D eigenvalue weighted by atomic mass is 16.3. The lowest BCUT2D eigenvalue weighted by Crippen LogP contribution is -2.32. The van der Waals surface area contributed by atoms with E-state index < -0.39 is 0 Å². The van der Waals surface area contributed by atoms with Gasteiger partial charge in [-0.2, -0.15) is 0 Å². The van der Waals surface area contributed by atoms with Gasteiger partial charge in [0.2, 0.25) is 0 Å². The van der Waals surface area contributed by atoms with Crippen molar-refractivity contribution >= 4 is 0 Å². The van der Waals surface area contributed by atoms with Gasteiger partial charge in [0.1, 0.15) is 5.82 Å². The minimum atomic E-state index is 0.161. The maximum atomic E-state index is 9.87. The molecule has 1 aliphatic rings. The molecule has 0 atom stereocenters. The summed E-state index contributed by atoms with van der Waals surface area (Å²) in [7, 11) is 2.05. The second-order valence-electron chi connectivity index (χ2n) is 6.70. The minimum absolute atomic E-state index is 0.161. The fourth-order valence-corrected chi connectivity index (χ4v) is 3.57. The fourth-order valence-electron chi connectivity index (χ4n) is 3.57. The van der Waals surface area contributed by atoms with E-state index in [-0.39, 0.29) is 5.41 Å². The van der Waals surface area contributed by atoms with Crippen LogP contribution in [0.1, 0.15) is 64.1 Å². The summed E-state index contributed by atoms with van der Waals surface area (Å²) in [6, 6.07) is 0. The number of imidazole rings is 1.